The Morgan fingerprint density at radius 1 is 1.62 bits per heavy atom. The van der Waals surface area contributed by atoms with Gasteiger partial charge in [-0.2, -0.15) is 4.31 Å². The van der Waals surface area contributed by atoms with Gasteiger partial charge in [0.2, 0.25) is 10.0 Å². The lowest BCUT2D eigenvalue weighted by Crippen LogP contribution is -2.33. The summed E-state index contributed by atoms with van der Waals surface area (Å²) >= 11 is 0. The molecule has 0 bridgehead atoms. The molecule has 0 amide bonds. The zero-order chi connectivity index (χ0) is 12.3. The number of aryl methyl sites for hydroxylation is 1. The zero-order valence-electron chi connectivity index (χ0n) is 8.87. The van der Waals surface area contributed by atoms with Crippen molar-refractivity contribution >= 4 is 16.0 Å². The second-order valence-corrected chi connectivity index (χ2v) is 5.41. The molecule has 1 N–H and O–H groups in total. The summed E-state index contributed by atoms with van der Waals surface area (Å²) in [7, 11) is -2.46. The minimum Gasteiger partial charge on any atom is -0.480 e. The van der Waals surface area contributed by atoms with Crippen LogP contribution in [0, 0.1) is 6.92 Å². The first-order valence-corrected chi connectivity index (χ1v) is 6.00. The summed E-state index contributed by atoms with van der Waals surface area (Å²) < 4.78 is 28.7. The van der Waals surface area contributed by atoms with Crippen molar-refractivity contribution in [1.82, 2.24) is 9.46 Å². The van der Waals surface area contributed by atoms with Gasteiger partial charge < -0.3 is 9.63 Å². The van der Waals surface area contributed by atoms with Gasteiger partial charge in [0.05, 0.1) is 0 Å². The third-order valence-electron chi connectivity index (χ3n) is 1.84. The molecule has 0 aliphatic carbocycles. The summed E-state index contributed by atoms with van der Waals surface area (Å²) in [6.07, 6.45) is 0. The smallest absolute Gasteiger partial charge is 0.318 e. The van der Waals surface area contributed by atoms with Crippen LogP contribution in [0.2, 0.25) is 0 Å². The maximum absolute atomic E-state index is 11.6. The summed E-state index contributed by atoms with van der Waals surface area (Å²) in [5.74, 6) is -1.07. The molecule has 7 nitrogen and oxygen atoms in total. The van der Waals surface area contributed by atoms with Crippen molar-refractivity contribution in [3.8, 4) is 0 Å². The predicted octanol–water partition coefficient (Wildman–Crippen LogP) is -0.171. The number of sulfonamides is 1. The van der Waals surface area contributed by atoms with Crippen LogP contribution in [-0.2, 0) is 20.6 Å². The maximum Gasteiger partial charge on any atom is 0.318 e. The van der Waals surface area contributed by atoms with Crippen LogP contribution in [0.5, 0.6) is 0 Å². The second kappa shape index (κ2) is 4.62. The molecule has 0 fully saturated rings. The quantitative estimate of drug-likeness (QED) is 0.776. The van der Waals surface area contributed by atoms with E-state index in [1.54, 1.807) is 6.92 Å². The highest BCUT2D eigenvalue weighted by Crippen LogP contribution is 2.09. The SMILES string of the molecule is Cc1cc(CS(=O)(=O)N(C)CC(=O)O)no1. The predicted molar refractivity (Wildman–Crippen MR) is 54.1 cm³/mol. The number of likely N-dealkylation sites (N-methyl/N-ethyl adjacent to an activating group) is 1. The van der Waals surface area contributed by atoms with Gasteiger partial charge in [-0.15, -0.1) is 0 Å². The maximum atomic E-state index is 11.6. The Morgan fingerprint density at radius 3 is 2.69 bits per heavy atom. The number of carboxylic acid groups (broad SMARTS) is 1. The monoisotopic (exact) mass is 248 g/mol. The minimum absolute atomic E-state index is 0.259. The average molecular weight is 248 g/mol. The molecule has 0 saturated carbocycles. The van der Waals surface area contributed by atoms with Crippen LogP contribution in [0.15, 0.2) is 10.6 Å². The topological polar surface area (TPSA) is 101 Å². The number of rotatable bonds is 5. The summed E-state index contributed by atoms with van der Waals surface area (Å²) in [4.78, 5) is 10.4. The van der Waals surface area contributed by atoms with Gasteiger partial charge in [0.1, 0.15) is 23.8 Å². The van der Waals surface area contributed by atoms with Crippen molar-refractivity contribution < 1.29 is 22.8 Å². The zero-order valence-corrected chi connectivity index (χ0v) is 9.69. The van der Waals surface area contributed by atoms with E-state index in [4.69, 9.17) is 9.63 Å². The molecule has 1 aromatic rings. The van der Waals surface area contributed by atoms with Gasteiger partial charge in [0.25, 0.3) is 0 Å². The van der Waals surface area contributed by atoms with Gasteiger partial charge in [-0.05, 0) is 6.92 Å². The standard InChI is InChI=1S/C8H12N2O5S/c1-6-3-7(9-15-6)5-16(13,14)10(2)4-8(11)12/h3H,4-5H2,1-2H3,(H,11,12). The highest BCUT2D eigenvalue weighted by Gasteiger charge is 2.22. The van der Waals surface area contributed by atoms with Crippen LogP contribution in [0.25, 0.3) is 0 Å². The van der Waals surface area contributed by atoms with Gasteiger partial charge in [-0.1, -0.05) is 5.16 Å². The van der Waals surface area contributed by atoms with E-state index < -0.39 is 22.5 Å². The van der Waals surface area contributed by atoms with Crippen molar-refractivity contribution in [3.05, 3.63) is 17.5 Å². The van der Waals surface area contributed by atoms with E-state index in [9.17, 15) is 13.2 Å². The van der Waals surface area contributed by atoms with E-state index in [0.717, 1.165) is 4.31 Å². The van der Waals surface area contributed by atoms with Gasteiger partial charge in [0, 0.05) is 13.1 Å². The third kappa shape index (κ3) is 3.31. The van der Waals surface area contributed by atoms with Gasteiger partial charge in [-0.25, -0.2) is 8.42 Å². The van der Waals surface area contributed by atoms with Crippen LogP contribution < -0.4 is 0 Å². The molecule has 1 heterocycles. The lowest BCUT2D eigenvalue weighted by molar-refractivity contribution is -0.137. The van der Waals surface area contributed by atoms with Crippen LogP contribution in [-0.4, -0.2) is 42.5 Å². The molecule has 0 atom stereocenters. The summed E-state index contributed by atoms with van der Waals surface area (Å²) in [6.45, 7) is 1.07. The number of hydrogen-bond donors (Lipinski definition) is 1. The van der Waals surface area contributed by atoms with Crippen LogP contribution >= 0.6 is 0 Å². The van der Waals surface area contributed by atoms with Gasteiger partial charge in [0.15, 0.2) is 0 Å². The Balaban J connectivity index is 2.75. The molecular weight excluding hydrogens is 236 g/mol. The van der Waals surface area contributed by atoms with Crippen molar-refractivity contribution in [2.24, 2.45) is 0 Å². The largest absolute Gasteiger partial charge is 0.480 e. The first kappa shape index (κ1) is 12.7. The lowest BCUT2D eigenvalue weighted by Gasteiger charge is -2.13. The van der Waals surface area contributed by atoms with Crippen LogP contribution in [0.4, 0.5) is 0 Å². The molecule has 0 aliphatic heterocycles. The average Bonchev–Trinajstić information content (AvgIpc) is 2.49. The molecule has 0 spiro atoms. The summed E-state index contributed by atoms with van der Waals surface area (Å²) in [5, 5.41) is 12.0. The Morgan fingerprint density at radius 2 is 2.25 bits per heavy atom. The molecule has 0 aromatic carbocycles. The molecule has 1 aromatic heterocycles. The molecule has 8 heteroatoms. The van der Waals surface area contributed by atoms with Crippen molar-refractivity contribution in [1.29, 1.82) is 0 Å². The van der Waals surface area contributed by atoms with Crippen molar-refractivity contribution in [2.45, 2.75) is 12.7 Å². The molecule has 0 unspecified atom stereocenters. The molecule has 0 radical (unpaired) electrons. The Labute approximate surface area is 92.7 Å². The number of aromatic nitrogens is 1. The van der Waals surface area contributed by atoms with E-state index >= 15 is 0 Å². The highest BCUT2D eigenvalue weighted by molar-refractivity contribution is 7.88. The first-order valence-electron chi connectivity index (χ1n) is 4.39. The molecule has 0 saturated heterocycles. The van der Waals surface area contributed by atoms with E-state index in [2.05, 4.69) is 5.16 Å². The van der Waals surface area contributed by atoms with Gasteiger partial charge in [-0.3, -0.25) is 4.79 Å². The lowest BCUT2D eigenvalue weighted by atomic mass is 10.4. The van der Waals surface area contributed by atoms with E-state index in [1.807, 2.05) is 0 Å². The van der Waals surface area contributed by atoms with E-state index in [0.29, 0.717) is 5.76 Å². The fourth-order valence-corrected chi connectivity index (χ4v) is 2.11. The van der Waals surface area contributed by atoms with Crippen molar-refractivity contribution in [2.75, 3.05) is 13.6 Å². The number of aliphatic carboxylic acids is 1. The van der Waals surface area contributed by atoms with Crippen LogP contribution in [0.1, 0.15) is 11.5 Å². The molecular formula is C8H12N2O5S. The third-order valence-corrected chi connectivity index (χ3v) is 3.58. The molecule has 90 valence electrons. The second-order valence-electron chi connectivity index (χ2n) is 3.33. The Bertz CT molecular complexity index is 478. The summed E-state index contributed by atoms with van der Waals surface area (Å²) in [6, 6.07) is 1.49. The summed E-state index contributed by atoms with van der Waals surface area (Å²) in [5.41, 5.74) is 0.259. The van der Waals surface area contributed by atoms with Crippen molar-refractivity contribution in [3.63, 3.8) is 0 Å². The Kier molecular flexibility index (Phi) is 3.66. The normalized spacial score (nSPS) is 11.9. The van der Waals surface area contributed by atoms with Crippen LogP contribution in [0.3, 0.4) is 0 Å². The molecule has 1 rings (SSSR count). The minimum atomic E-state index is -3.67. The Hall–Kier alpha value is -1.41. The highest BCUT2D eigenvalue weighted by atomic mass is 32.2. The molecule has 0 aliphatic rings. The van der Waals surface area contributed by atoms with E-state index in [1.165, 1.54) is 13.1 Å². The first-order chi connectivity index (χ1) is 7.31. The fraction of sp³-hybridized carbons (Fsp3) is 0.500. The number of hydrogen-bond acceptors (Lipinski definition) is 5. The van der Waals surface area contributed by atoms with E-state index in [-0.39, 0.29) is 11.4 Å². The van der Waals surface area contributed by atoms with Gasteiger partial charge >= 0.3 is 5.97 Å². The fourth-order valence-electron chi connectivity index (χ4n) is 1.07. The number of carbonyl (C=O) groups is 1. The molecule has 16 heavy (non-hydrogen) atoms. The number of carboxylic acids is 1. The number of nitrogens with zero attached hydrogens (tertiary/aromatic N) is 2.